The molecule has 0 bridgehead atoms. The summed E-state index contributed by atoms with van der Waals surface area (Å²) < 4.78 is 31.9. The van der Waals surface area contributed by atoms with E-state index < -0.39 is 10.0 Å². The molecule has 0 radical (unpaired) electrons. The molecule has 148 valence electrons. The van der Waals surface area contributed by atoms with Crippen molar-refractivity contribution in [1.29, 1.82) is 0 Å². The van der Waals surface area contributed by atoms with E-state index in [4.69, 9.17) is 4.74 Å². The fraction of sp³-hybridized carbons (Fsp3) is 0.286. The molecule has 1 N–H and O–H groups in total. The first-order valence-corrected chi connectivity index (χ1v) is 10.6. The number of rotatable bonds is 9. The van der Waals surface area contributed by atoms with E-state index >= 15 is 0 Å². The zero-order valence-electron chi connectivity index (χ0n) is 15.8. The van der Waals surface area contributed by atoms with Gasteiger partial charge in [-0.2, -0.15) is 0 Å². The Morgan fingerprint density at radius 2 is 1.82 bits per heavy atom. The van der Waals surface area contributed by atoms with Gasteiger partial charge in [0, 0.05) is 24.7 Å². The molecule has 7 heteroatoms. The van der Waals surface area contributed by atoms with Crippen LogP contribution in [0.4, 0.5) is 0 Å². The molecule has 0 spiro atoms. The van der Waals surface area contributed by atoms with E-state index in [1.54, 1.807) is 19.2 Å². The van der Waals surface area contributed by atoms with Crippen LogP contribution in [0.2, 0.25) is 0 Å². The summed E-state index contributed by atoms with van der Waals surface area (Å²) in [6.45, 7) is 4.16. The zero-order valence-corrected chi connectivity index (χ0v) is 16.6. The quantitative estimate of drug-likeness (QED) is 0.657. The van der Waals surface area contributed by atoms with Crippen LogP contribution >= 0.6 is 0 Å². The Morgan fingerprint density at radius 3 is 2.36 bits per heavy atom. The van der Waals surface area contributed by atoms with Gasteiger partial charge in [-0.25, -0.2) is 13.1 Å². The van der Waals surface area contributed by atoms with Crippen LogP contribution in [0.25, 0.3) is 0 Å². The highest BCUT2D eigenvalue weighted by molar-refractivity contribution is 7.89. The third kappa shape index (κ3) is 4.79. The summed E-state index contributed by atoms with van der Waals surface area (Å²) >= 11 is 0. The highest BCUT2D eigenvalue weighted by Gasteiger charge is 2.33. The van der Waals surface area contributed by atoms with E-state index in [0.29, 0.717) is 12.1 Å². The van der Waals surface area contributed by atoms with Crippen molar-refractivity contribution in [3.05, 3.63) is 72.3 Å². The van der Waals surface area contributed by atoms with Gasteiger partial charge in [-0.05, 0) is 54.8 Å². The molecule has 1 amide bonds. The predicted molar refractivity (Wildman–Crippen MR) is 108 cm³/mol. The molecular weight excluding hydrogens is 376 g/mol. The summed E-state index contributed by atoms with van der Waals surface area (Å²) in [4.78, 5) is 15.0. The van der Waals surface area contributed by atoms with Crippen molar-refractivity contribution < 1.29 is 17.9 Å². The summed E-state index contributed by atoms with van der Waals surface area (Å²) in [5.74, 6) is 0.677. The second-order valence-corrected chi connectivity index (χ2v) is 8.44. The molecule has 0 heterocycles. The Hall–Kier alpha value is -2.64. The van der Waals surface area contributed by atoms with Gasteiger partial charge in [0.1, 0.15) is 5.75 Å². The Morgan fingerprint density at radius 1 is 1.18 bits per heavy atom. The molecule has 1 fully saturated rings. The van der Waals surface area contributed by atoms with Crippen LogP contribution in [-0.4, -0.2) is 38.9 Å². The summed E-state index contributed by atoms with van der Waals surface area (Å²) in [6.07, 6.45) is 3.45. The number of ether oxygens (including phenoxy) is 1. The second kappa shape index (κ2) is 8.58. The molecule has 3 rings (SSSR count). The lowest BCUT2D eigenvalue weighted by Gasteiger charge is -2.23. The van der Waals surface area contributed by atoms with Gasteiger partial charge < -0.3 is 9.64 Å². The van der Waals surface area contributed by atoms with Gasteiger partial charge in [0.15, 0.2) is 0 Å². The van der Waals surface area contributed by atoms with Gasteiger partial charge in [0.2, 0.25) is 10.0 Å². The summed E-state index contributed by atoms with van der Waals surface area (Å²) in [7, 11) is -1.99. The van der Waals surface area contributed by atoms with Crippen molar-refractivity contribution in [2.24, 2.45) is 0 Å². The summed E-state index contributed by atoms with van der Waals surface area (Å²) in [5.41, 5.74) is 1.50. The smallest absolute Gasteiger partial charge is 0.254 e. The number of benzene rings is 2. The number of sulfonamides is 1. The zero-order chi connectivity index (χ0) is 20.1. The molecule has 2 aromatic carbocycles. The lowest BCUT2D eigenvalue weighted by molar-refractivity contribution is 0.0730. The van der Waals surface area contributed by atoms with Crippen LogP contribution in [0.3, 0.4) is 0 Å². The van der Waals surface area contributed by atoms with Crippen molar-refractivity contribution >= 4 is 15.9 Å². The average Bonchev–Trinajstić information content (AvgIpc) is 3.56. The SMILES string of the molecule is C=CCNS(=O)(=O)c1ccc(C(=O)N(Cc2ccc(OC)cc2)C2CC2)cc1. The Labute approximate surface area is 165 Å². The molecule has 2 aromatic rings. The van der Waals surface area contributed by atoms with E-state index in [-0.39, 0.29) is 23.4 Å². The van der Waals surface area contributed by atoms with Gasteiger partial charge in [-0.1, -0.05) is 18.2 Å². The van der Waals surface area contributed by atoms with E-state index in [1.807, 2.05) is 29.2 Å². The minimum Gasteiger partial charge on any atom is -0.497 e. The molecule has 0 atom stereocenters. The first kappa shape index (κ1) is 20.1. The van der Waals surface area contributed by atoms with Crippen LogP contribution in [-0.2, 0) is 16.6 Å². The van der Waals surface area contributed by atoms with Crippen LogP contribution in [0.5, 0.6) is 5.75 Å². The van der Waals surface area contributed by atoms with Crippen LogP contribution in [0.15, 0.2) is 66.1 Å². The number of nitrogens with one attached hydrogen (secondary N) is 1. The standard InChI is InChI=1S/C21H24N2O4S/c1-3-14-22-28(25,26)20-12-6-17(7-13-20)21(24)23(18-8-9-18)15-16-4-10-19(27-2)11-5-16/h3-7,10-13,18,22H,1,8-9,14-15H2,2H3. The van der Waals surface area contributed by atoms with Crippen molar-refractivity contribution in [2.45, 2.75) is 30.3 Å². The van der Waals surface area contributed by atoms with Gasteiger partial charge in [-0.15, -0.1) is 6.58 Å². The average molecular weight is 401 g/mol. The monoisotopic (exact) mass is 400 g/mol. The topological polar surface area (TPSA) is 75.7 Å². The van der Waals surface area contributed by atoms with Crippen molar-refractivity contribution in [3.8, 4) is 5.75 Å². The predicted octanol–water partition coefficient (Wildman–Crippen LogP) is 2.96. The molecule has 0 aromatic heterocycles. The molecule has 6 nitrogen and oxygen atoms in total. The number of carbonyl (C=O) groups excluding carboxylic acids is 1. The molecule has 0 aliphatic heterocycles. The number of hydrogen-bond acceptors (Lipinski definition) is 4. The third-order valence-electron chi connectivity index (χ3n) is 4.59. The lowest BCUT2D eigenvalue weighted by atomic mass is 10.1. The van der Waals surface area contributed by atoms with Gasteiger partial charge in [0.25, 0.3) is 5.91 Å². The van der Waals surface area contributed by atoms with E-state index in [2.05, 4.69) is 11.3 Å². The Bertz CT molecular complexity index is 933. The maximum absolute atomic E-state index is 13.0. The Balaban J connectivity index is 1.75. The number of amides is 1. The van der Waals surface area contributed by atoms with Gasteiger partial charge >= 0.3 is 0 Å². The fourth-order valence-corrected chi connectivity index (χ4v) is 3.87. The van der Waals surface area contributed by atoms with Crippen molar-refractivity contribution in [3.63, 3.8) is 0 Å². The molecule has 1 saturated carbocycles. The minimum atomic E-state index is -3.60. The summed E-state index contributed by atoms with van der Waals surface area (Å²) in [6, 6.07) is 13.9. The number of carbonyl (C=O) groups is 1. The maximum Gasteiger partial charge on any atom is 0.254 e. The highest BCUT2D eigenvalue weighted by atomic mass is 32.2. The number of nitrogens with zero attached hydrogens (tertiary/aromatic N) is 1. The molecule has 0 saturated heterocycles. The van der Waals surface area contributed by atoms with Crippen LogP contribution in [0, 0.1) is 0 Å². The second-order valence-electron chi connectivity index (χ2n) is 6.68. The minimum absolute atomic E-state index is 0.0960. The fourth-order valence-electron chi connectivity index (χ4n) is 2.88. The molecule has 28 heavy (non-hydrogen) atoms. The molecule has 1 aliphatic carbocycles. The van der Waals surface area contributed by atoms with Gasteiger partial charge in [0.05, 0.1) is 12.0 Å². The number of hydrogen-bond donors (Lipinski definition) is 1. The van der Waals surface area contributed by atoms with Gasteiger partial charge in [-0.3, -0.25) is 4.79 Å². The molecular formula is C21H24N2O4S. The first-order chi connectivity index (χ1) is 13.4. The first-order valence-electron chi connectivity index (χ1n) is 9.09. The number of methoxy groups -OCH3 is 1. The van der Waals surface area contributed by atoms with E-state index in [9.17, 15) is 13.2 Å². The van der Waals surface area contributed by atoms with E-state index in [1.165, 1.54) is 18.2 Å². The van der Waals surface area contributed by atoms with Crippen molar-refractivity contribution in [2.75, 3.05) is 13.7 Å². The molecule has 0 unspecified atom stereocenters. The van der Waals surface area contributed by atoms with Crippen molar-refractivity contribution in [1.82, 2.24) is 9.62 Å². The van der Waals surface area contributed by atoms with Crippen LogP contribution < -0.4 is 9.46 Å². The third-order valence-corrected chi connectivity index (χ3v) is 6.03. The Kier molecular flexibility index (Phi) is 6.16. The normalized spacial score (nSPS) is 13.8. The van der Waals surface area contributed by atoms with E-state index in [0.717, 1.165) is 24.2 Å². The van der Waals surface area contributed by atoms with Crippen LogP contribution in [0.1, 0.15) is 28.8 Å². The summed E-state index contributed by atoms with van der Waals surface area (Å²) in [5, 5.41) is 0. The highest BCUT2D eigenvalue weighted by Crippen LogP contribution is 2.30. The molecule has 1 aliphatic rings. The lowest BCUT2D eigenvalue weighted by Crippen LogP contribution is -2.32. The largest absolute Gasteiger partial charge is 0.497 e. The maximum atomic E-state index is 13.0.